The monoisotopic (exact) mass is 362 g/mol. The van der Waals surface area contributed by atoms with Crippen molar-refractivity contribution in [3.8, 4) is 11.3 Å². The number of nitrogens with zero attached hydrogens (tertiary/aromatic N) is 2. The Morgan fingerprint density at radius 3 is 2.92 bits per heavy atom. The minimum absolute atomic E-state index is 0. The zero-order chi connectivity index (χ0) is 15.6. The van der Waals surface area contributed by atoms with E-state index in [0.29, 0.717) is 12.3 Å². The smallest absolute Gasteiger partial charge is 0.224 e. The van der Waals surface area contributed by atoms with Crippen LogP contribution in [0, 0.1) is 5.92 Å². The first-order chi connectivity index (χ1) is 11.3. The van der Waals surface area contributed by atoms with Gasteiger partial charge in [-0.2, -0.15) is 0 Å². The molecule has 2 aromatic heterocycles. The molecule has 4 rings (SSSR count). The molecule has 3 heterocycles. The molecule has 1 aliphatic heterocycles. The van der Waals surface area contributed by atoms with E-state index in [4.69, 9.17) is 0 Å². The van der Waals surface area contributed by atoms with Gasteiger partial charge in [-0.15, -0.1) is 23.7 Å². The molecule has 1 amide bonds. The standard InChI is InChI=1S/C17H18N4OS.ClH/c22-16(9-12-5-6-18-10-12)19-14-3-1-13(2-4-14)15-11-21-7-8-23-17(21)20-15;/h1-4,7-8,11-12,18H,5-6,9-10H2,(H,19,22);1H. The Balaban J connectivity index is 0.00000169. The summed E-state index contributed by atoms with van der Waals surface area (Å²) in [5.74, 6) is 0.557. The molecule has 0 saturated carbocycles. The molecule has 126 valence electrons. The molecular weight excluding hydrogens is 344 g/mol. The van der Waals surface area contributed by atoms with Crippen LogP contribution in [0.1, 0.15) is 12.8 Å². The van der Waals surface area contributed by atoms with Crippen LogP contribution >= 0.6 is 23.7 Å². The van der Waals surface area contributed by atoms with Crippen LogP contribution in [0.25, 0.3) is 16.2 Å². The number of anilines is 1. The van der Waals surface area contributed by atoms with Crippen LogP contribution < -0.4 is 10.6 Å². The van der Waals surface area contributed by atoms with Gasteiger partial charge in [-0.3, -0.25) is 9.20 Å². The molecule has 1 unspecified atom stereocenters. The van der Waals surface area contributed by atoms with E-state index in [9.17, 15) is 4.79 Å². The molecule has 0 spiro atoms. The Labute approximate surface area is 150 Å². The number of hydrogen-bond acceptors (Lipinski definition) is 4. The average molecular weight is 363 g/mol. The summed E-state index contributed by atoms with van der Waals surface area (Å²) in [6, 6.07) is 7.87. The van der Waals surface area contributed by atoms with Gasteiger partial charge in [-0.05, 0) is 37.6 Å². The van der Waals surface area contributed by atoms with E-state index in [0.717, 1.165) is 41.4 Å². The summed E-state index contributed by atoms with van der Waals surface area (Å²) in [7, 11) is 0. The predicted molar refractivity (Wildman–Crippen MR) is 100.0 cm³/mol. The van der Waals surface area contributed by atoms with Crippen molar-refractivity contribution < 1.29 is 4.79 Å². The second-order valence-corrected chi connectivity index (χ2v) is 6.78. The van der Waals surface area contributed by atoms with Crippen LogP contribution in [0.3, 0.4) is 0 Å². The number of rotatable bonds is 4. The number of imidazole rings is 1. The normalized spacial score (nSPS) is 16.9. The van der Waals surface area contributed by atoms with Gasteiger partial charge in [0.2, 0.25) is 5.91 Å². The number of aromatic nitrogens is 2. The number of amides is 1. The number of fused-ring (bicyclic) bond motifs is 1. The SMILES string of the molecule is Cl.O=C(CC1CCNC1)Nc1ccc(-c2cn3ccsc3n2)cc1. The number of hydrogen-bond donors (Lipinski definition) is 2. The lowest BCUT2D eigenvalue weighted by Crippen LogP contribution is -2.18. The lowest BCUT2D eigenvalue weighted by Gasteiger charge is -2.09. The van der Waals surface area contributed by atoms with Gasteiger partial charge in [0.05, 0.1) is 5.69 Å². The fourth-order valence-corrected chi connectivity index (χ4v) is 3.65. The van der Waals surface area contributed by atoms with Crippen molar-refractivity contribution >= 4 is 40.3 Å². The summed E-state index contributed by atoms with van der Waals surface area (Å²) in [5.41, 5.74) is 2.84. The second-order valence-electron chi connectivity index (χ2n) is 5.91. The highest BCUT2D eigenvalue weighted by Crippen LogP contribution is 2.23. The van der Waals surface area contributed by atoms with Gasteiger partial charge in [-0.25, -0.2) is 4.98 Å². The van der Waals surface area contributed by atoms with Crippen LogP contribution in [0.2, 0.25) is 0 Å². The van der Waals surface area contributed by atoms with E-state index in [2.05, 4.69) is 15.6 Å². The summed E-state index contributed by atoms with van der Waals surface area (Å²) in [5, 5.41) is 8.29. The molecule has 1 fully saturated rings. The van der Waals surface area contributed by atoms with Gasteiger partial charge >= 0.3 is 0 Å². The predicted octanol–water partition coefficient (Wildman–Crippen LogP) is 3.42. The summed E-state index contributed by atoms with van der Waals surface area (Å²) >= 11 is 1.62. The van der Waals surface area contributed by atoms with Gasteiger partial charge < -0.3 is 10.6 Å². The van der Waals surface area contributed by atoms with Crippen molar-refractivity contribution in [1.29, 1.82) is 0 Å². The molecule has 3 aromatic rings. The number of halogens is 1. The minimum atomic E-state index is 0. The highest BCUT2D eigenvalue weighted by atomic mass is 35.5. The maximum Gasteiger partial charge on any atom is 0.224 e. The van der Waals surface area contributed by atoms with Crippen molar-refractivity contribution in [3.63, 3.8) is 0 Å². The zero-order valence-corrected chi connectivity index (χ0v) is 14.7. The van der Waals surface area contributed by atoms with E-state index in [1.54, 1.807) is 11.3 Å². The summed E-state index contributed by atoms with van der Waals surface area (Å²) in [4.78, 5) is 17.6. The summed E-state index contributed by atoms with van der Waals surface area (Å²) in [6.45, 7) is 1.97. The largest absolute Gasteiger partial charge is 0.326 e. The highest BCUT2D eigenvalue weighted by Gasteiger charge is 2.18. The Morgan fingerprint density at radius 1 is 1.38 bits per heavy atom. The molecule has 1 aromatic carbocycles. The van der Waals surface area contributed by atoms with Crippen LogP contribution in [0.15, 0.2) is 42.0 Å². The molecule has 24 heavy (non-hydrogen) atoms. The number of carbonyl (C=O) groups excluding carboxylic acids is 1. The fourth-order valence-electron chi connectivity index (χ4n) is 2.95. The first-order valence-electron chi connectivity index (χ1n) is 7.81. The molecule has 0 radical (unpaired) electrons. The minimum Gasteiger partial charge on any atom is -0.326 e. The van der Waals surface area contributed by atoms with Crippen molar-refractivity contribution in [2.24, 2.45) is 5.92 Å². The third-order valence-corrected chi connectivity index (χ3v) is 4.96. The maximum absolute atomic E-state index is 12.1. The van der Waals surface area contributed by atoms with Crippen LogP contribution in [0.5, 0.6) is 0 Å². The van der Waals surface area contributed by atoms with Gasteiger partial charge in [0.25, 0.3) is 0 Å². The topological polar surface area (TPSA) is 58.4 Å². The highest BCUT2D eigenvalue weighted by molar-refractivity contribution is 7.15. The van der Waals surface area contributed by atoms with E-state index in [-0.39, 0.29) is 18.3 Å². The molecule has 1 aliphatic rings. The molecule has 0 bridgehead atoms. The van der Waals surface area contributed by atoms with E-state index < -0.39 is 0 Å². The second kappa shape index (κ2) is 7.34. The van der Waals surface area contributed by atoms with Crippen LogP contribution in [0.4, 0.5) is 5.69 Å². The Bertz CT molecular complexity index is 792. The Hall–Kier alpha value is -1.89. The van der Waals surface area contributed by atoms with Gasteiger partial charge in [-0.1, -0.05) is 12.1 Å². The maximum atomic E-state index is 12.1. The first kappa shape index (κ1) is 17.0. The number of thiazole rings is 1. The molecule has 5 nitrogen and oxygen atoms in total. The quantitative estimate of drug-likeness (QED) is 0.747. The Morgan fingerprint density at radius 2 is 2.21 bits per heavy atom. The molecule has 1 saturated heterocycles. The third-order valence-electron chi connectivity index (χ3n) is 4.19. The molecule has 1 atom stereocenters. The zero-order valence-electron chi connectivity index (χ0n) is 13.1. The number of nitrogens with one attached hydrogen (secondary N) is 2. The molecular formula is C17H19ClN4OS. The van der Waals surface area contributed by atoms with E-state index >= 15 is 0 Å². The van der Waals surface area contributed by atoms with Crippen molar-refractivity contribution in [2.75, 3.05) is 18.4 Å². The lowest BCUT2D eigenvalue weighted by atomic mass is 10.0. The number of benzene rings is 1. The van der Waals surface area contributed by atoms with Gasteiger partial charge in [0.1, 0.15) is 0 Å². The average Bonchev–Trinajstić information content (AvgIpc) is 3.24. The van der Waals surface area contributed by atoms with Crippen molar-refractivity contribution in [1.82, 2.24) is 14.7 Å². The summed E-state index contributed by atoms with van der Waals surface area (Å²) < 4.78 is 2.02. The molecule has 0 aliphatic carbocycles. The molecule has 7 heteroatoms. The van der Waals surface area contributed by atoms with Crippen molar-refractivity contribution in [3.05, 3.63) is 42.0 Å². The fraction of sp³-hybridized carbons (Fsp3) is 0.294. The first-order valence-corrected chi connectivity index (χ1v) is 8.69. The van der Waals surface area contributed by atoms with Crippen molar-refractivity contribution in [2.45, 2.75) is 12.8 Å². The lowest BCUT2D eigenvalue weighted by molar-refractivity contribution is -0.116. The summed E-state index contributed by atoms with van der Waals surface area (Å²) in [6.07, 6.45) is 5.70. The van der Waals surface area contributed by atoms with Crippen LogP contribution in [-0.2, 0) is 4.79 Å². The third kappa shape index (κ3) is 3.61. The van der Waals surface area contributed by atoms with E-state index in [1.165, 1.54) is 0 Å². The van der Waals surface area contributed by atoms with Gasteiger partial charge in [0, 0.05) is 35.4 Å². The van der Waals surface area contributed by atoms with Crippen LogP contribution in [-0.4, -0.2) is 28.4 Å². The number of carbonyl (C=O) groups is 1. The Kier molecular flexibility index (Phi) is 5.18. The molecule has 2 N–H and O–H groups in total. The van der Waals surface area contributed by atoms with E-state index in [1.807, 2.05) is 46.4 Å². The van der Waals surface area contributed by atoms with Gasteiger partial charge in [0.15, 0.2) is 4.96 Å².